The minimum Gasteiger partial charge on any atom is -0.490 e. The van der Waals surface area contributed by atoms with E-state index in [1.165, 1.54) is 0 Å². The lowest BCUT2D eigenvalue weighted by Crippen LogP contribution is -2.17. The molecule has 2 rings (SSSR count). The molecule has 1 aromatic carbocycles. The second-order valence-electron chi connectivity index (χ2n) is 4.95. The minimum absolute atomic E-state index is 0.321. The van der Waals surface area contributed by atoms with Crippen LogP contribution in [0, 0.1) is 0 Å². The van der Waals surface area contributed by atoms with Gasteiger partial charge in [0.15, 0.2) is 16.6 Å². The Labute approximate surface area is 150 Å². The molecule has 0 saturated carbocycles. The van der Waals surface area contributed by atoms with Crippen molar-refractivity contribution < 1.29 is 14.3 Å². The number of thiazole rings is 1. The van der Waals surface area contributed by atoms with Crippen LogP contribution in [0.3, 0.4) is 0 Å². The van der Waals surface area contributed by atoms with E-state index in [2.05, 4.69) is 15.5 Å². The van der Waals surface area contributed by atoms with Crippen molar-refractivity contribution in [2.45, 2.75) is 27.2 Å². The quantitative estimate of drug-likeness (QED) is 0.556. The van der Waals surface area contributed by atoms with Gasteiger partial charge in [0.1, 0.15) is 4.88 Å². The maximum absolute atomic E-state index is 12.2. The lowest BCUT2D eigenvalue weighted by molar-refractivity contribution is 0.0958. The van der Waals surface area contributed by atoms with Gasteiger partial charge in [-0.25, -0.2) is 10.4 Å². The van der Waals surface area contributed by atoms with Crippen LogP contribution >= 0.6 is 11.3 Å². The fourth-order valence-electron chi connectivity index (χ4n) is 2.15. The second kappa shape index (κ2) is 9.03. The fourth-order valence-corrected chi connectivity index (χ4v) is 2.96. The summed E-state index contributed by atoms with van der Waals surface area (Å²) in [6, 6.07) is 5.47. The molecule has 0 aliphatic carbocycles. The molecule has 1 heterocycles. The van der Waals surface area contributed by atoms with Crippen molar-refractivity contribution in [2.24, 2.45) is 5.10 Å². The highest BCUT2D eigenvalue weighted by Crippen LogP contribution is 2.28. The molecule has 25 heavy (non-hydrogen) atoms. The molecule has 8 heteroatoms. The Bertz CT molecular complexity index is 758. The van der Waals surface area contributed by atoms with Gasteiger partial charge in [0, 0.05) is 0 Å². The highest BCUT2D eigenvalue weighted by atomic mass is 32.1. The number of amides is 1. The van der Waals surface area contributed by atoms with Crippen molar-refractivity contribution in [1.82, 2.24) is 10.4 Å². The third-order valence-electron chi connectivity index (χ3n) is 3.20. The van der Waals surface area contributed by atoms with Crippen molar-refractivity contribution >= 4 is 28.6 Å². The van der Waals surface area contributed by atoms with Crippen molar-refractivity contribution in [3.63, 3.8) is 0 Å². The molecule has 0 aliphatic rings. The summed E-state index contributed by atoms with van der Waals surface area (Å²) >= 11 is 1.15. The lowest BCUT2D eigenvalue weighted by Gasteiger charge is -2.11. The number of hydrazone groups is 1. The molecule has 0 atom stereocenters. The Balaban J connectivity index is 2.08. The van der Waals surface area contributed by atoms with Crippen LogP contribution in [0.15, 0.2) is 23.3 Å². The molecular weight excluding hydrogens is 340 g/mol. The molecule has 1 amide bonds. The third kappa shape index (κ3) is 4.93. The van der Waals surface area contributed by atoms with E-state index in [1.807, 2.05) is 39.0 Å². The predicted octanol–water partition coefficient (Wildman–Crippen LogP) is 2.85. The highest BCUT2D eigenvalue weighted by molar-refractivity contribution is 7.17. The summed E-state index contributed by atoms with van der Waals surface area (Å²) in [6.45, 7) is 6.83. The molecule has 0 radical (unpaired) electrons. The number of aryl methyl sites for hydroxylation is 1. The molecule has 0 aliphatic heterocycles. The Hall–Kier alpha value is -2.61. The average Bonchev–Trinajstić information content (AvgIpc) is 2.98. The van der Waals surface area contributed by atoms with Crippen LogP contribution in [0.4, 0.5) is 5.13 Å². The first-order valence-corrected chi connectivity index (χ1v) is 8.88. The number of anilines is 1. The first-order valence-electron chi connectivity index (χ1n) is 8.07. The Morgan fingerprint density at radius 3 is 2.68 bits per heavy atom. The predicted molar refractivity (Wildman–Crippen MR) is 99.7 cm³/mol. The fraction of sp³-hybridized carbons (Fsp3) is 0.353. The Morgan fingerprint density at radius 1 is 1.28 bits per heavy atom. The van der Waals surface area contributed by atoms with Crippen LogP contribution in [0.1, 0.15) is 41.7 Å². The van der Waals surface area contributed by atoms with Gasteiger partial charge in [-0.15, -0.1) is 0 Å². The molecular formula is C17H22N4O3S. The molecule has 3 N–H and O–H groups in total. The smallest absolute Gasteiger partial charge is 0.283 e. The Kier molecular flexibility index (Phi) is 6.76. The minimum atomic E-state index is -0.321. The number of aromatic nitrogens is 1. The van der Waals surface area contributed by atoms with Gasteiger partial charge in [0.05, 0.1) is 25.1 Å². The van der Waals surface area contributed by atoms with Crippen molar-refractivity contribution in [3.8, 4) is 11.5 Å². The molecule has 0 bridgehead atoms. The molecule has 134 valence electrons. The number of nitrogens with one attached hydrogen (secondary N) is 1. The number of hydrogen-bond donors (Lipinski definition) is 2. The summed E-state index contributed by atoms with van der Waals surface area (Å²) in [5, 5.41) is 4.37. The molecule has 0 spiro atoms. The summed E-state index contributed by atoms with van der Waals surface area (Å²) in [5.74, 6) is 1.000. The van der Waals surface area contributed by atoms with Crippen LogP contribution in [0.25, 0.3) is 0 Å². The van der Waals surface area contributed by atoms with E-state index < -0.39 is 0 Å². The van der Waals surface area contributed by atoms with Crippen molar-refractivity contribution in [1.29, 1.82) is 0 Å². The molecule has 0 saturated heterocycles. The maximum atomic E-state index is 12.2. The van der Waals surface area contributed by atoms with Gasteiger partial charge < -0.3 is 15.2 Å². The largest absolute Gasteiger partial charge is 0.490 e. The normalized spacial score (nSPS) is 10.8. The summed E-state index contributed by atoms with van der Waals surface area (Å²) in [4.78, 5) is 16.8. The van der Waals surface area contributed by atoms with Gasteiger partial charge in [-0.05, 0) is 44.0 Å². The summed E-state index contributed by atoms with van der Waals surface area (Å²) in [5.41, 5.74) is 9.62. The summed E-state index contributed by atoms with van der Waals surface area (Å²) in [7, 11) is 0. The SMILES string of the molecule is CCOc1ccc(/C=N\NC(=O)c2sc(N)nc2CC)cc1OCC. The zero-order valence-corrected chi connectivity index (χ0v) is 15.4. The number of rotatable bonds is 8. The van der Waals surface area contributed by atoms with Gasteiger partial charge >= 0.3 is 0 Å². The van der Waals surface area contributed by atoms with E-state index in [1.54, 1.807) is 6.21 Å². The average molecular weight is 362 g/mol. The van der Waals surface area contributed by atoms with Crippen molar-refractivity contribution in [2.75, 3.05) is 18.9 Å². The number of hydrogen-bond acceptors (Lipinski definition) is 7. The van der Waals surface area contributed by atoms with Crippen LogP contribution in [-0.2, 0) is 6.42 Å². The standard InChI is InChI=1S/C17H22N4O3S/c1-4-12-15(25-17(18)20-12)16(22)21-19-10-11-7-8-13(23-5-2)14(9-11)24-6-3/h7-10H,4-6H2,1-3H3,(H2,18,20)(H,21,22)/b19-10-. The summed E-state index contributed by atoms with van der Waals surface area (Å²) < 4.78 is 11.1. The van der Waals surface area contributed by atoms with Gasteiger partial charge in [0.2, 0.25) is 0 Å². The molecule has 7 nitrogen and oxygen atoms in total. The topological polar surface area (TPSA) is 98.8 Å². The van der Waals surface area contributed by atoms with Crippen LogP contribution in [0.5, 0.6) is 11.5 Å². The van der Waals surface area contributed by atoms with Gasteiger partial charge in [0.25, 0.3) is 5.91 Å². The number of carbonyl (C=O) groups is 1. The van der Waals surface area contributed by atoms with Crippen LogP contribution in [0.2, 0.25) is 0 Å². The van der Waals surface area contributed by atoms with Crippen LogP contribution in [-0.4, -0.2) is 30.3 Å². The van der Waals surface area contributed by atoms with E-state index in [4.69, 9.17) is 15.2 Å². The van der Waals surface area contributed by atoms with Gasteiger partial charge in [-0.3, -0.25) is 4.79 Å². The molecule has 2 aromatic rings. The second-order valence-corrected chi connectivity index (χ2v) is 5.98. The number of carbonyl (C=O) groups excluding carboxylic acids is 1. The molecule has 0 fully saturated rings. The number of nitrogens with two attached hydrogens (primary N) is 1. The monoisotopic (exact) mass is 362 g/mol. The lowest BCUT2D eigenvalue weighted by atomic mass is 10.2. The van der Waals surface area contributed by atoms with Gasteiger partial charge in [-0.1, -0.05) is 18.3 Å². The van der Waals surface area contributed by atoms with E-state index in [0.29, 0.717) is 46.8 Å². The number of ether oxygens (including phenoxy) is 2. The molecule has 0 unspecified atom stereocenters. The zero-order chi connectivity index (χ0) is 18.2. The Morgan fingerprint density at radius 2 is 2.00 bits per heavy atom. The highest BCUT2D eigenvalue weighted by Gasteiger charge is 2.15. The third-order valence-corrected chi connectivity index (χ3v) is 4.13. The van der Waals surface area contributed by atoms with Crippen molar-refractivity contribution in [3.05, 3.63) is 34.3 Å². The first-order chi connectivity index (χ1) is 12.1. The number of nitrogen functional groups attached to an aromatic ring is 1. The maximum Gasteiger partial charge on any atom is 0.283 e. The molecule has 1 aromatic heterocycles. The van der Waals surface area contributed by atoms with E-state index in [0.717, 1.165) is 16.9 Å². The first kappa shape index (κ1) is 18.7. The number of benzene rings is 1. The van der Waals surface area contributed by atoms with E-state index in [9.17, 15) is 4.79 Å². The number of nitrogens with zero attached hydrogens (tertiary/aromatic N) is 2. The van der Waals surface area contributed by atoms with E-state index >= 15 is 0 Å². The van der Waals surface area contributed by atoms with Crippen LogP contribution < -0.4 is 20.6 Å². The zero-order valence-electron chi connectivity index (χ0n) is 14.5. The van der Waals surface area contributed by atoms with Gasteiger partial charge in [-0.2, -0.15) is 5.10 Å². The van der Waals surface area contributed by atoms with E-state index in [-0.39, 0.29) is 5.91 Å². The summed E-state index contributed by atoms with van der Waals surface area (Å²) in [6.07, 6.45) is 2.18.